The van der Waals surface area contributed by atoms with E-state index in [1.165, 1.54) is 0 Å². The van der Waals surface area contributed by atoms with Gasteiger partial charge in [-0.3, -0.25) is 14.5 Å². The van der Waals surface area contributed by atoms with Crippen LogP contribution in [0.15, 0.2) is 42.5 Å². The van der Waals surface area contributed by atoms with E-state index in [0.717, 1.165) is 22.6 Å². The molecular weight excluding hydrogens is 382 g/mol. The van der Waals surface area contributed by atoms with Crippen LogP contribution in [0.25, 0.3) is 0 Å². The van der Waals surface area contributed by atoms with E-state index in [-0.39, 0.29) is 31.0 Å². The molecule has 30 heavy (non-hydrogen) atoms. The van der Waals surface area contributed by atoms with Crippen molar-refractivity contribution in [2.45, 2.75) is 20.0 Å². The molecule has 0 radical (unpaired) electrons. The average Bonchev–Trinajstić information content (AvgIpc) is 2.70. The standard InChI is InChI=1S/C23H29N3O4/c1-16-8-7-9-17(2)23(16)24-21(27)13-25(3)14-22(28)26(4)12-18-15-29-19-10-5-6-11-20(19)30-18/h5-11,18H,12-15H2,1-4H3,(H,24,27)/t18-/m1/s1. The van der Waals surface area contributed by atoms with E-state index in [2.05, 4.69) is 5.32 Å². The summed E-state index contributed by atoms with van der Waals surface area (Å²) in [5, 5.41) is 2.94. The topological polar surface area (TPSA) is 71.1 Å². The minimum absolute atomic E-state index is 0.0835. The highest BCUT2D eigenvalue weighted by atomic mass is 16.6. The van der Waals surface area contributed by atoms with Crippen molar-refractivity contribution in [1.82, 2.24) is 9.80 Å². The zero-order chi connectivity index (χ0) is 21.7. The Morgan fingerprint density at radius 1 is 1.00 bits per heavy atom. The predicted molar refractivity (Wildman–Crippen MR) is 116 cm³/mol. The van der Waals surface area contributed by atoms with E-state index in [9.17, 15) is 9.59 Å². The zero-order valence-corrected chi connectivity index (χ0v) is 18.0. The van der Waals surface area contributed by atoms with Crippen molar-refractivity contribution in [3.8, 4) is 11.5 Å². The monoisotopic (exact) mass is 411 g/mol. The van der Waals surface area contributed by atoms with Gasteiger partial charge in [0.25, 0.3) is 0 Å². The van der Waals surface area contributed by atoms with Crippen LogP contribution in [0.2, 0.25) is 0 Å². The number of hydrogen-bond acceptors (Lipinski definition) is 5. The number of ether oxygens (including phenoxy) is 2. The fraction of sp³-hybridized carbons (Fsp3) is 0.391. The third-order valence-corrected chi connectivity index (χ3v) is 5.04. The van der Waals surface area contributed by atoms with Crippen molar-refractivity contribution >= 4 is 17.5 Å². The summed E-state index contributed by atoms with van der Waals surface area (Å²) in [6.45, 7) is 4.99. The van der Waals surface area contributed by atoms with Gasteiger partial charge in [0.2, 0.25) is 11.8 Å². The van der Waals surface area contributed by atoms with Crippen molar-refractivity contribution in [3.05, 3.63) is 53.6 Å². The number of likely N-dealkylation sites (N-methyl/N-ethyl adjacent to an activating group) is 2. The summed E-state index contributed by atoms with van der Waals surface area (Å²) in [5.74, 6) is 1.18. The van der Waals surface area contributed by atoms with E-state index in [4.69, 9.17) is 9.47 Å². The van der Waals surface area contributed by atoms with Gasteiger partial charge in [0.15, 0.2) is 17.6 Å². The Morgan fingerprint density at radius 2 is 1.67 bits per heavy atom. The number of rotatable bonds is 7. The lowest BCUT2D eigenvalue weighted by Gasteiger charge is -2.30. The van der Waals surface area contributed by atoms with Crippen molar-refractivity contribution in [3.63, 3.8) is 0 Å². The fourth-order valence-electron chi connectivity index (χ4n) is 3.40. The first-order valence-corrected chi connectivity index (χ1v) is 10.0. The number of carbonyl (C=O) groups excluding carboxylic acids is 2. The molecular formula is C23H29N3O4. The van der Waals surface area contributed by atoms with Crippen molar-refractivity contribution < 1.29 is 19.1 Å². The highest BCUT2D eigenvalue weighted by Gasteiger charge is 2.24. The third-order valence-electron chi connectivity index (χ3n) is 5.04. The van der Waals surface area contributed by atoms with E-state index >= 15 is 0 Å². The molecule has 0 bridgehead atoms. The molecule has 0 saturated heterocycles. The molecule has 160 valence electrons. The molecule has 0 saturated carbocycles. The van der Waals surface area contributed by atoms with Gasteiger partial charge in [0.1, 0.15) is 6.61 Å². The molecule has 0 unspecified atom stereocenters. The maximum atomic E-state index is 12.6. The van der Waals surface area contributed by atoms with Gasteiger partial charge < -0.3 is 19.7 Å². The van der Waals surface area contributed by atoms with Gasteiger partial charge in [0, 0.05) is 12.7 Å². The molecule has 0 spiro atoms. The van der Waals surface area contributed by atoms with Crippen molar-refractivity contribution in [2.24, 2.45) is 0 Å². The predicted octanol–water partition coefficient (Wildman–Crippen LogP) is 2.47. The number of benzene rings is 2. The van der Waals surface area contributed by atoms with Crippen LogP contribution in [-0.2, 0) is 9.59 Å². The second-order valence-electron chi connectivity index (χ2n) is 7.76. The summed E-state index contributed by atoms with van der Waals surface area (Å²) < 4.78 is 11.6. The summed E-state index contributed by atoms with van der Waals surface area (Å²) in [5.41, 5.74) is 2.85. The Bertz CT molecular complexity index is 895. The fourth-order valence-corrected chi connectivity index (χ4v) is 3.40. The lowest BCUT2D eigenvalue weighted by Crippen LogP contribution is -2.45. The number of hydrogen-bond donors (Lipinski definition) is 1. The average molecular weight is 412 g/mol. The van der Waals surface area contributed by atoms with Gasteiger partial charge in [-0.25, -0.2) is 0 Å². The Hall–Kier alpha value is -3.06. The van der Waals surface area contributed by atoms with Crippen LogP contribution in [-0.4, -0.2) is 68.1 Å². The summed E-state index contributed by atoms with van der Waals surface area (Å²) in [7, 11) is 3.49. The Balaban J connectivity index is 1.46. The minimum atomic E-state index is -0.230. The first-order chi connectivity index (χ1) is 14.3. The molecule has 1 N–H and O–H groups in total. The number of fused-ring (bicyclic) bond motifs is 1. The molecule has 3 rings (SSSR count). The number of carbonyl (C=O) groups is 2. The van der Waals surface area contributed by atoms with Crippen LogP contribution in [0, 0.1) is 13.8 Å². The van der Waals surface area contributed by atoms with Gasteiger partial charge >= 0.3 is 0 Å². The Morgan fingerprint density at radius 3 is 2.37 bits per heavy atom. The van der Waals surface area contributed by atoms with Crippen molar-refractivity contribution in [1.29, 1.82) is 0 Å². The van der Waals surface area contributed by atoms with E-state index in [1.54, 1.807) is 23.9 Å². The molecule has 0 aliphatic carbocycles. The Labute approximate surface area is 177 Å². The molecule has 0 aromatic heterocycles. The number of anilines is 1. The molecule has 1 aliphatic heterocycles. The first-order valence-electron chi connectivity index (χ1n) is 10.0. The molecule has 2 aromatic rings. The molecule has 7 nitrogen and oxygen atoms in total. The van der Waals surface area contributed by atoms with Crippen LogP contribution in [0.1, 0.15) is 11.1 Å². The highest BCUT2D eigenvalue weighted by Crippen LogP contribution is 2.30. The number of para-hydroxylation sites is 3. The molecule has 2 amide bonds. The Kier molecular flexibility index (Phi) is 6.95. The molecule has 2 aromatic carbocycles. The molecule has 1 heterocycles. The van der Waals surface area contributed by atoms with Gasteiger partial charge in [-0.05, 0) is 44.2 Å². The summed E-state index contributed by atoms with van der Waals surface area (Å²) in [6, 6.07) is 13.4. The largest absolute Gasteiger partial charge is 0.486 e. The van der Waals surface area contributed by atoms with Crippen LogP contribution in [0.3, 0.4) is 0 Å². The van der Waals surface area contributed by atoms with Gasteiger partial charge in [0.05, 0.1) is 19.6 Å². The smallest absolute Gasteiger partial charge is 0.238 e. The molecule has 1 atom stereocenters. The van der Waals surface area contributed by atoms with Crippen LogP contribution in [0.4, 0.5) is 5.69 Å². The molecule has 1 aliphatic rings. The van der Waals surface area contributed by atoms with Gasteiger partial charge in [-0.15, -0.1) is 0 Å². The van der Waals surface area contributed by atoms with E-state index < -0.39 is 0 Å². The normalized spacial score (nSPS) is 15.0. The maximum Gasteiger partial charge on any atom is 0.238 e. The maximum absolute atomic E-state index is 12.6. The zero-order valence-electron chi connectivity index (χ0n) is 18.0. The van der Waals surface area contributed by atoms with E-state index in [1.807, 2.05) is 56.3 Å². The first kappa shape index (κ1) is 21.6. The lowest BCUT2D eigenvalue weighted by atomic mass is 10.1. The second kappa shape index (κ2) is 9.63. The van der Waals surface area contributed by atoms with E-state index in [0.29, 0.717) is 18.9 Å². The van der Waals surface area contributed by atoms with Crippen molar-refractivity contribution in [2.75, 3.05) is 45.7 Å². The van der Waals surface area contributed by atoms with Crippen LogP contribution in [0.5, 0.6) is 11.5 Å². The van der Waals surface area contributed by atoms with Crippen LogP contribution >= 0.6 is 0 Å². The molecule has 7 heteroatoms. The lowest BCUT2D eigenvalue weighted by molar-refractivity contribution is -0.132. The minimum Gasteiger partial charge on any atom is -0.486 e. The number of aryl methyl sites for hydroxylation is 2. The van der Waals surface area contributed by atoms with Gasteiger partial charge in [-0.2, -0.15) is 0 Å². The highest BCUT2D eigenvalue weighted by molar-refractivity contribution is 5.94. The summed E-state index contributed by atoms with van der Waals surface area (Å²) >= 11 is 0. The number of nitrogens with zero attached hydrogens (tertiary/aromatic N) is 2. The summed E-state index contributed by atoms with van der Waals surface area (Å²) in [6.07, 6.45) is -0.230. The number of amides is 2. The molecule has 0 fully saturated rings. The quantitative estimate of drug-likeness (QED) is 0.758. The summed E-state index contributed by atoms with van der Waals surface area (Å²) in [4.78, 5) is 28.3. The second-order valence-corrected chi connectivity index (χ2v) is 7.76. The number of nitrogens with one attached hydrogen (secondary N) is 1. The SMILES string of the molecule is Cc1cccc(C)c1NC(=O)CN(C)CC(=O)N(C)C[C@@H]1COc2ccccc2O1. The van der Waals surface area contributed by atoms with Gasteiger partial charge in [-0.1, -0.05) is 30.3 Å². The third kappa shape index (κ3) is 5.51. The van der Waals surface area contributed by atoms with Crippen LogP contribution < -0.4 is 14.8 Å².